The topological polar surface area (TPSA) is 60.9 Å². The largest absolute Gasteiger partial charge is 0.475 e. The molecule has 0 spiro atoms. The second-order valence-electron chi connectivity index (χ2n) is 12.7. The minimum atomic E-state index is -4.62. The fourth-order valence-electron chi connectivity index (χ4n) is 5.38. The van der Waals surface area contributed by atoms with Crippen LogP contribution in [0.3, 0.4) is 0 Å². The summed E-state index contributed by atoms with van der Waals surface area (Å²) in [6, 6.07) is 8.40. The first-order chi connectivity index (χ1) is 19.3. The van der Waals surface area contributed by atoms with Gasteiger partial charge in [-0.15, -0.1) is 0 Å². The van der Waals surface area contributed by atoms with Gasteiger partial charge in [-0.05, 0) is 120 Å². The molecule has 0 saturated carbocycles. The van der Waals surface area contributed by atoms with Gasteiger partial charge in [0, 0.05) is 17.3 Å². The van der Waals surface area contributed by atoms with Crippen molar-refractivity contribution >= 4 is 36.6 Å². The van der Waals surface area contributed by atoms with Crippen molar-refractivity contribution < 1.29 is 31.3 Å². The van der Waals surface area contributed by atoms with E-state index in [9.17, 15) is 17.7 Å². The van der Waals surface area contributed by atoms with Gasteiger partial charge < -0.3 is 0 Å². The molecule has 1 atom stereocenters. The maximum Gasteiger partial charge on any atom is 0.475 e. The molecular formula is C30H38Cl2F3N2O4P. The summed E-state index contributed by atoms with van der Waals surface area (Å²) in [5, 5.41) is 0.243. The van der Waals surface area contributed by atoms with E-state index >= 15 is 0 Å². The van der Waals surface area contributed by atoms with Crippen molar-refractivity contribution in [3.63, 3.8) is 0 Å². The summed E-state index contributed by atoms with van der Waals surface area (Å²) >= 11 is 12.1. The van der Waals surface area contributed by atoms with Crippen LogP contribution < -0.4 is 0 Å². The van der Waals surface area contributed by atoms with Crippen LogP contribution in [0.5, 0.6) is 0 Å². The predicted octanol–water partition coefficient (Wildman–Crippen LogP) is 9.18. The average molecular weight is 650 g/mol. The fourth-order valence-corrected chi connectivity index (χ4v) is 7.57. The normalized spacial score (nSPS) is 18.4. The van der Waals surface area contributed by atoms with Crippen LogP contribution in [0.25, 0.3) is 5.57 Å². The van der Waals surface area contributed by atoms with Crippen LogP contribution in [0, 0.1) is 0 Å². The van der Waals surface area contributed by atoms with Gasteiger partial charge in [0.25, 0.3) is 0 Å². The van der Waals surface area contributed by atoms with E-state index in [1.807, 2.05) is 18.2 Å². The van der Waals surface area contributed by atoms with Gasteiger partial charge in [0.05, 0.1) is 28.9 Å². The molecule has 4 rings (SSSR count). The number of fused-ring (bicyclic) bond motifs is 2. The number of phosphoric ester groups is 1. The Morgan fingerprint density at radius 2 is 1.69 bits per heavy atom. The number of aromatic nitrogens is 1. The molecule has 1 aliphatic heterocycles. The van der Waals surface area contributed by atoms with Crippen LogP contribution in [0.15, 0.2) is 35.9 Å². The van der Waals surface area contributed by atoms with E-state index in [4.69, 9.17) is 36.8 Å². The Kier molecular flexibility index (Phi) is 9.96. The van der Waals surface area contributed by atoms with Crippen molar-refractivity contribution in [2.75, 3.05) is 19.7 Å². The molecule has 1 aromatic heterocycles. The van der Waals surface area contributed by atoms with Crippen molar-refractivity contribution in [3.8, 4) is 0 Å². The molecule has 0 radical (unpaired) electrons. The lowest BCUT2D eigenvalue weighted by Crippen LogP contribution is -2.44. The molecule has 0 bridgehead atoms. The number of hydrogen-bond donors (Lipinski definition) is 0. The monoisotopic (exact) mass is 648 g/mol. The molecule has 1 unspecified atom stereocenters. The van der Waals surface area contributed by atoms with Crippen molar-refractivity contribution in [3.05, 3.63) is 68.5 Å². The van der Waals surface area contributed by atoms with Gasteiger partial charge in [0.15, 0.2) is 5.69 Å². The number of halogens is 5. The maximum absolute atomic E-state index is 13.9. The van der Waals surface area contributed by atoms with Crippen LogP contribution in [0.2, 0.25) is 10.0 Å². The van der Waals surface area contributed by atoms with Gasteiger partial charge in [0.1, 0.15) is 0 Å². The number of pyridine rings is 1. The second kappa shape index (κ2) is 12.5. The molecule has 0 amide bonds. The van der Waals surface area contributed by atoms with Crippen molar-refractivity contribution in [2.24, 2.45) is 0 Å². The lowest BCUT2D eigenvalue weighted by molar-refractivity contribution is -0.141. The number of alkyl halides is 3. The van der Waals surface area contributed by atoms with Crippen LogP contribution in [-0.2, 0) is 37.2 Å². The van der Waals surface area contributed by atoms with Gasteiger partial charge in [-0.3, -0.25) is 18.5 Å². The van der Waals surface area contributed by atoms with E-state index in [0.29, 0.717) is 43.1 Å². The molecule has 42 heavy (non-hydrogen) atoms. The van der Waals surface area contributed by atoms with E-state index in [1.165, 1.54) is 23.3 Å². The summed E-state index contributed by atoms with van der Waals surface area (Å²) in [6.07, 6.45) is -2.25. The summed E-state index contributed by atoms with van der Waals surface area (Å²) in [7, 11) is -3.97. The Balaban J connectivity index is 1.56. The first kappa shape index (κ1) is 33.4. The number of aryl methyl sites for hydroxylation is 1. The zero-order valence-electron chi connectivity index (χ0n) is 24.8. The fraction of sp³-hybridized carbons (Fsp3) is 0.567. The highest BCUT2D eigenvalue weighted by molar-refractivity contribution is 7.48. The highest BCUT2D eigenvalue weighted by Gasteiger charge is 2.41. The summed E-state index contributed by atoms with van der Waals surface area (Å²) < 4.78 is 71.6. The van der Waals surface area contributed by atoms with Gasteiger partial charge in [-0.1, -0.05) is 29.3 Å². The van der Waals surface area contributed by atoms with E-state index < -0.39 is 35.9 Å². The first-order valence-corrected chi connectivity index (χ1v) is 16.2. The molecule has 2 aromatic rings. The molecule has 0 N–H and O–H groups in total. The highest BCUT2D eigenvalue weighted by atomic mass is 35.5. The molecule has 0 saturated heterocycles. The van der Waals surface area contributed by atoms with Gasteiger partial charge in [-0.2, -0.15) is 13.2 Å². The minimum Gasteiger partial charge on any atom is -0.294 e. The van der Waals surface area contributed by atoms with Gasteiger partial charge in [-0.25, -0.2) is 9.55 Å². The molecule has 1 aliphatic carbocycles. The smallest absolute Gasteiger partial charge is 0.294 e. The Morgan fingerprint density at radius 3 is 2.31 bits per heavy atom. The highest BCUT2D eigenvalue weighted by Crippen LogP contribution is 2.56. The number of nitrogens with zero attached hydrogens (tertiary/aromatic N) is 2. The molecular weight excluding hydrogens is 611 g/mol. The van der Waals surface area contributed by atoms with Crippen LogP contribution >= 0.6 is 31.0 Å². The molecule has 12 heteroatoms. The zero-order valence-corrected chi connectivity index (χ0v) is 27.2. The summed E-state index contributed by atoms with van der Waals surface area (Å²) in [5.41, 5.74) is 2.33. The minimum absolute atomic E-state index is 0.0570. The lowest BCUT2D eigenvalue weighted by Gasteiger charge is -2.38. The van der Waals surface area contributed by atoms with Crippen molar-refractivity contribution in [1.29, 1.82) is 0 Å². The number of benzene rings is 1. The number of phosphoric acid groups is 1. The SMILES string of the molecule is CC(C)(C)OP(=O)(OCC1C2=C(CCN1CCCc1ccc(Cl)c(C(F)(F)F)n1)c1cc(Cl)ccc1C2)OC(C)(C)C. The third-order valence-electron chi connectivity index (χ3n) is 6.87. The standard InChI is InChI=1S/C30H38Cl2F3N2O4P/c1-28(2,3)40-42(38,41-29(4,5)6)39-18-26-24-16-19-9-10-20(31)17-23(19)22(24)13-15-37(26)14-7-8-21-11-12-25(32)27(36-21)30(33,34)35/h9-12,17,26H,7-8,13-16,18H2,1-6H3. The predicted molar refractivity (Wildman–Crippen MR) is 160 cm³/mol. The summed E-state index contributed by atoms with van der Waals surface area (Å²) in [5.74, 6) is 0. The molecule has 2 aliphatic rings. The number of rotatable bonds is 9. The zero-order chi connectivity index (χ0) is 31.1. The van der Waals surface area contributed by atoms with Crippen LogP contribution in [-0.4, -0.2) is 46.8 Å². The van der Waals surface area contributed by atoms with E-state index in [-0.39, 0.29) is 12.6 Å². The Bertz CT molecular complexity index is 1370. The van der Waals surface area contributed by atoms with Crippen molar-refractivity contribution in [1.82, 2.24) is 9.88 Å². The summed E-state index contributed by atoms with van der Waals surface area (Å²) in [4.78, 5) is 6.01. The first-order valence-electron chi connectivity index (χ1n) is 14.0. The van der Waals surface area contributed by atoms with E-state index in [0.717, 1.165) is 17.6 Å². The lowest BCUT2D eigenvalue weighted by atomic mass is 9.93. The van der Waals surface area contributed by atoms with Crippen LogP contribution in [0.1, 0.15) is 76.9 Å². The Morgan fingerprint density at radius 1 is 1.02 bits per heavy atom. The molecule has 6 nitrogen and oxygen atoms in total. The maximum atomic E-state index is 13.9. The summed E-state index contributed by atoms with van der Waals surface area (Å²) in [6.45, 7) is 12.0. The Labute approximate surface area is 256 Å². The third-order valence-corrected chi connectivity index (χ3v) is 9.42. The van der Waals surface area contributed by atoms with Crippen molar-refractivity contribution in [2.45, 2.75) is 90.6 Å². The molecule has 232 valence electrons. The van der Waals surface area contributed by atoms with Gasteiger partial charge in [0.2, 0.25) is 0 Å². The quantitative estimate of drug-likeness (QED) is 0.253. The van der Waals surface area contributed by atoms with Gasteiger partial charge >= 0.3 is 14.0 Å². The molecule has 2 heterocycles. The van der Waals surface area contributed by atoms with Crippen LogP contribution in [0.4, 0.5) is 13.2 Å². The average Bonchev–Trinajstić information content (AvgIpc) is 3.19. The molecule has 1 aromatic carbocycles. The Hall–Kier alpha value is -1.45. The second-order valence-corrected chi connectivity index (χ2v) is 15.0. The van der Waals surface area contributed by atoms with E-state index in [1.54, 1.807) is 41.5 Å². The number of hydrogen-bond acceptors (Lipinski definition) is 6. The molecule has 0 fully saturated rings. The van der Waals surface area contributed by atoms with E-state index in [2.05, 4.69) is 9.88 Å². The third kappa shape index (κ3) is 8.59.